The van der Waals surface area contributed by atoms with Gasteiger partial charge >= 0.3 is 70.6 Å². The van der Waals surface area contributed by atoms with Crippen LogP contribution in [0.1, 0.15) is 0 Å². The number of alkyl halides is 1. The first-order chi connectivity index (χ1) is 3.91. The fourth-order valence-corrected chi connectivity index (χ4v) is 1.81. The first kappa shape index (κ1) is 8.98. The zero-order valence-corrected chi connectivity index (χ0v) is 8.68. The molecule has 0 rings (SSSR count). The number of hydrogen-bond donors (Lipinski definition) is 0. The molecule has 0 aliphatic rings. The summed E-state index contributed by atoms with van der Waals surface area (Å²) in [7, 11) is 0. The molecule has 0 spiro atoms. The third-order valence-electron chi connectivity index (χ3n) is 0.478. The van der Waals surface area contributed by atoms with Gasteiger partial charge in [0.15, 0.2) is 0 Å². The molecule has 1 nitrogen and oxygen atoms in total. The first-order valence-electron chi connectivity index (χ1n) is 2.13. The summed E-state index contributed by atoms with van der Waals surface area (Å²) >= 11 is 2.78. The molecule has 0 aromatic carbocycles. The van der Waals surface area contributed by atoms with Crippen molar-refractivity contribution in [1.29, 1.82) is 0 Å². The Hall–Kier alpha value is 0.980. The molecule has 0 amide bonds. The molecule has 0 atom stereocenters. The number of terminal acetylenes is 1. The van der Waals surface area contributed by atoms with Crippen LogP contribution in [0.3, 0.4) is 0 Å². The fraction of sp³-hybridized carbons (Fsp3) is 0.600. The average molecular weight is 337 g/mol. The van der Waals surface area contributed by atoms with E-state index in [1.165, 1.54) is 4.43 Å². The monoisotopic (exact) mass is 337 g/mol. The second-order valence-electron chi connectivity index (χ2n) is 1.05. The Morgan fingerprint density at radius 2 is 2.50 bits per heavy atom. The average Bonchev–Trinajstić information content (AvgIpc) is 1.81. The molecule has 3 heteroatoms. The van der Waals surface area contributed by atoms with E-state index < -0.39 is 0 Å². The van der Waals surface area contributed by atoms with Crippen LogP contribution in [0.15, 0.2) is 0 Å². The summed E-state index contributed by atoms with van der Waals surface area (Å²) in [6, 6.07) is 0. The van der Waals surface area contributed by atoms with E-state index in [9.17, 15) is 0 Å². The van der Waals surface area contributed by atoms with Crippen LogP contribution in [-0.2, 0) is 4.74 Å². The predicted octanol–water partition coefficient (Wildman–Crippen LogP) is -1.92. The molecule has 0 aliphatic heterocycles. The van der Waals surface area contributed by atoms with E-state index in [0.29, 0.717) is 23.8 Å². The van der Waals surface area contributed by atoms with Gasteiger partial charge in [-0.3, -0.25) is 0 Å². The van der Waals surface area contributed by atoms with E-state index in [1.807, 2.05) is 0 Å². The molecule has 0 aromatic rings. The second kappa shape index (κ2) is 7.98. The van der Waals surface area contributed by atoms with Crippen LogP contribution in [0.4, 0.5) is 0 Å². The van der Waals surface area contributed by atoms with Crippen molar-refractivity contribution in [3.8, 4) is 12.3 Å². The molecular weight excluding hydrogens is 330 g/mol. The molecule has 0 radical (unpaired) electrons. The van der Waals surface area contributed by atoms with Gasteiger partial charge in [0, 0.05) is 0 Å². The summed E-state index contributed by atoms with van der Waals surface area (Å²) in [5, 5.41) is 0. The number of halogens is 2. The van der Waals surface area contributed by atoms with Gasteiger partial charge in [0.1, 0.15) is 0 Å². The van der Waals surface area contributed by atoms with Gasteiger partial charge in [0.05, 0.1) is 0 Å². The van der Waals surface area contributed by atoms with Gasteiger partial charge in [0.25, 0.3) is 0 Å². The molecule has 48 valence electrons. The van der Waals surface area contributed by atoms with Crippen molar-refractivity contribution < 1.29 is 22.0 Å². The van der Waals surface area contributed by atoms with E-state index in [0.717, 1.165) is 6.61 Å². The molecule has 0 saturated heterocycles. The van der Waals surface area contributed by atoms with Crippen LogP contribution in [0.5, 0.6) is 0 Å². The summed E-state index contributed by atoms with van der Waals surface area (Å²) in [5.74, 6) is 2.41. The SMILES string of the molecule is C#CCOCC[I-]I. The predicted molar refractivity (Wildman–Crippen MR) is 38.5 cm³/mol. The van der Waals surface area contributed by atoms with Gasteiger partial charge < -0.3 is 0 Å². The molecule has 8 heavy (non-hydrogen) atoms. The summed E-state index contributed by atoms with van der Waals surface area (Å²) in [4.78, 5) is 0. The normalized spacial score (nSPS) is 9.00. The topological polar surface area (TPSA) is 9.23 Å². The minimum absolute atomic E-state index is 0.366. The van der Waals surface area contributed by atoms with Crippen LogP contribution < -0.4 is 17.2 Å². The van der Waals surface area contributed by atoms with Gasteiger partial charge in [-0.15, -0.1) is 0 Å². The van der Waals surface area contributed by atoms with Gasteiger partial charge in [-0.05, 0) is 0 Å². The zero-order chi connectivity index (χ0) is 6.24. The Balaban J connectivity index is 2.65. The fourth-order valence-electron chi connectivity index (χ4n) is 0.215. The van der Waals surface area contributed by atoms with Crippen LogP contribution >= 0.6 is 18.6 Å². The van der Waals surface area contributed by atoms with Gasteiger partial charge in [-0.25, -0.2) is 0 Å². The van der Waals surface area contributed by atoms with Crippen molar-refractivity contribution >= 4 is 18.6 Å². The molecule has 0 bridgehead atoms. The summed E-state index contributed by atoms with van der Waals surface area (Å²) < 4.78 is 6.22. The quantitative estimate of drug-likeness (QED) is 0.252. The van der Waals surface area contributed by atoms with E-state index in [1.54, 1.807) is 0 Å². The Morgan fingerprint density at radius 3 is 3.00 bits per heavy atom. The Morgan fingerprint density at radius 1 is 1.75 bits per heavy atom. The zero-order valence-electron chi connectivity index (χ0n) is 4.36. The van der Waals surface area contributed by atoms with Crippen molar-refractivity contribution in [2.45, 2.75) is 0 Å². The maximum atomic E-state index is 5.01. The van der Waals surface area contributed by atoms with Crippen molar-refractivity contribution in [2.75, 3.05) is 17.6 Å². The third kappa shape index (κ3) is 6.98. The van der Waals surface area contributed by atoms with Gasteiger partial charge in [-0.2, -0.15) is 0 Å². The van der Waals surface area contributed by atoms with Gasteiger partial charge in [-0.1, -0.05) is 0 Å². The van der Waals surface area contributed by atoms with Crippen molar-refractivity contribution in [2.24, 2.45) is 0 Å². The van der Waals surface area contributed by atoms with Crippen molar-refractivity contribution in [1.82, 2.24) is 0 Å². The Kier molecular flexibility index (Phi) is 8.96. The van der Waals surface area contributed by atoms with E-state index in [-0.39, 0.29) is 0 Å². The van der Waals surface area contributed by atoms with Gasteiger partial charge in [0.2, 0.25) is 0 Å². The number of ether oxygens (including phenoxy) is 1. The number of rotatable bonds is 4. The van der Waals surface area contributed by atoms with Crippen LogP contribution in [-0.4, -0.2) is 17.6 Å². The Bertz CT molecular complexity index is 77.0. The molecule has 0 heterocycles. The minimum atomic E-state index is 0.366. The maximum absolute atomic E-state index is 5.01. The van der Waals surface area contributed by atoms with Crippen molar-refractivity contribution in [3.63, 3.8) is 0 Å². The van der Waals surface area contributed by atoms with Crippen molar-refractivity contribution in [3.05, 3.63) is 0 Å². The summed E-state index contributed by atoms with van der Waals surface area (Å²) in [5.41, 5.74) is 0. The molecule has 0 unspecified atom stereocenters. The molecule has 0 N–H and O–H groups in total. The van der Waals surface area contributed by atoms with Crippen LogP contribution in [0.2, 0.25) is 0 Å². The number of hydrogen-bond acceptors (Lipinski definition) is 1. The second-order valence-corrected chi connectivity index (χ2v) is 6.57. The first-order valence-corrected chi connectivity index (χ1v) is 9.94. The third-order valence-corrected chi connectivity index (χ3v) is 4.06. The van der Waals surface area contributed by atoms with E-state index in [2.05, 4.69) is 24.5 Å². The van der Waals surface area contributed by atoms with Crippen LogP contribution in [0.25, 0.3) is 0 Å². The molecule has 0 saturated carbocycles. The molecular formula is C5H7I2O-. The standard InChI is InChI=1S/C5H7I2O/c1-2-4-8-5-3-7-6/h1H,3-5H2/q-1. The summed E-state index contributed by atoms with van der Waals surface area (Å²) in [6.45, 7) is 1.32. The Labute approximate surface area is 70.0 Å². The molecule has 0 aromatic heterocycles. The summed E-state index contributed by atoms with van der Waals surface area (Å²) in [6.07, 6.45) is 4.94. The van der Waals surface area contributed by atoms with Crippen LogP contribution in [0, 0.1) is 12.3 Å². The molecule has 0 aliphatic carbocycles. The van der Waals surface area contributed by atoms with E-state index in [4.69, 9.17) is 11.2 Å². The van der Waals surface area contributed by atoms with E-state index >= 15 is 0 Å². The molecule has 0 fully saturated rings.